The van der Waals surface area contributed by atoms with Gasteiger partial charge in [-0.2, -0.15) is 0 Å². The number of ether oxygens (including phenoxy) is 2. The maximum Gasteiger partial charge on any atom is 0.126 e. The number of hydrogen-bond donors (Lipinski definition) is 3. The van der Waals surface area contributed by atoms with Crippen molar-refractivity contribution in [3.8, 4) is 11.5 Å². The second kappa shape index (κ2) is 7.98. The van der Waals surface area contributed by atoms with E-state index in [9.17, 15) is 5.11 Å². The zero-order valence-electron chi connectivity index (χ0n) is 17.4. The summed E-state index contributed by atoms with van der Waals surface area (Å²) in [6, 6.07) is 11.6. The molecule has 2 aromatic carbocycles. The van der Waals surface area contributed by atoms with Gasteiger partial charge in [-0.25, -0.2) is 0 Å². The lowest BCUT2D eigenvalue weighted by atomic mass is 9.75. The Balaban J connectivity index is 1.50. The summed E-state index contributed by atoms with van der Waals surface area (Å²) >= 11 is 0. The molecule has 0 spiro atoms. The molecule has 3 N–H and O–H groups in total. The first kappa shape index (κ1) is 20.2. The van der Waals surface area contributed by atoms with E-state index in [1.807, 2.05) is 36.4 Å². The fourth-order valence-corrected chi connectivity index (χ4v) is 4.52. The van der Waals surface area contributed by atoms with Crippen LogP contribution in [0.3, 0.4) is 0 Å². The molecule has 5 nitrogen and oxygen atoms in total. The Labute approximate surface area is 172 Å². The SMILES string of the molecule is C[C@@H]1CC[C@@H]2[C@@H](O1)c1cc(O)c(CNCc3ccc(CO)cc3)cc1OC2(C)C. The monoisotopic (exact) mass is 397 g/mol. The van der Waals surface area contributed by atoms with Gasteiger partial charge in [-0.05, 0) is 56.9 Å². The van der Waals surface area contributed by atoms with Crippen LogP contribution >= 0.6 is 0 Å². The molecule has 156 valence electrons. The molecule has 1 saturated heterocycles. The van der Waals surface area contributed by atoms with Crippen LogP contribution in [0.5, 0.6) is 11.5 Å². The van der Waals surface area contributed by atoms with E-state index in [2.05, 4.69) is 26.1 Å². The maximum atomic E-state index is 10.6. The Hall–Kier alpha value is -2.08. The number of aliphatic hydroxyl groups excluding tert-OH is 1. The highest BCUT2D eigenvalue weighted by Gasteiger charge is 2.47. The second-order valence-corrected chi connectivity index (χ2v) is 8.85. The largest absolute Gasteiger partial charge is 0.508 e. The lowest BCUT2D eigenvalue weighted by Crippen LogP contribution is -2.48. The summed E-state index contributed by atoms with van der Waals surface area (Å²) in [6.45, 7) is 7.65. The minimum atomic E-state index is -0.298. The topological polar surface area (TPSA) is 71.0 Å². The third-order valence-electron chi connectivity index (χ3n) is 6.26. The third-order valence-corrected chi connectivity index (χ3v) is 6.26. The van der Waals surface area contributed by atoms with Crippen molar-refractivity contribution in [2.75, 3.05) is 0 Å². The minimum absolute atomic E-state index is 0.0320. The molecule has 3 atom stereocenters. The van der Waals surface area contributed by atoms with Crippen molar-refractivity contribution in [3.63, 3.8) is 0 Å². The Bertz CT molecular complexity index is 862. The van der Waals surface area contributed by atoms with Crippen LogP contribution in [0.15, 0.2) is 36.4 Å². The van der Waals surface area contributed by atoms with Crippen LogP contribution in [0.4, 0.5) is 0 Å². The van der Waals surface area contributed by atoms with Crippen LogP contribution in [-0.4, -0.2) is 21.9 Å². The number of fused-ring (bicyclic) bond motifs is 3. The molecule has 29 heavy (non-hydrogen) atoms. The van der Waals surface area contributed by atoms with E-state index in [0.717, 1.165) is 40.8 Å². The fourth-order valence-electron chi connectivity index (χ4n) is 4.52. The molecular formula is C24H31NO4. The fraction of sp³-hybridized carbons (Fsp3) is 0.500. The number of rotatable bonds is 5. The lowest BCUT2D eigenvalue weighted by Gasteiger charge is -2.48. The Morgan fingerprint density at radius 3 is 2.52 bits per heavy atom. The van der Waals surface area contributed by atoms with Crippen molar-refractivity contribution in [1.82, 2.24) is 5.32 Å². The molecule has 4 rings (SSSR count). The van der Waals surface area contributed by atoms with E-state index >= 15 is 0 Å². The average Bonchev–Trinajstić information content (AvgIpc) is 2.69. The maximum absolute atomic E-state index is 10.6. The van der Waals surface area contributed by atoms with Gasteiger partial charge in [0.15, 0.2) is 0 Å². The summed E-state index contributed by atoms with van der Waals surface area (Å²) in [5, 5.41) is 23.2. The zero-order valence-corrected chi connectivity index (χ0v) is 17.4. The predicted molar refractivity (Wildman–Crippen MR) is 112 cm³/mol. The highest BCUT2D eigenvalue weighted by molar-refractivity contribution is 5.49. The number of phenolic OH excluding ortho intramolecular Hbond substituents is 1. The summed E-state index contributed by atoms with van der Waals surface area (Å²) < 4.78 is 12.6. The number of nitrogens with one attached hydrogen (secondary N) is 1. The molecule has 2 aliphatic heterocycles. The van der Waals surface area contributed by atoms with Gasteiger partial charge in [0.2, 0.25) is 0 Å². The highest BCUT2D eigenvalue weighted by atomic mass is 16.5. The lowest BCUT2D eigenvalue weighted by molar-refractivity contribution is -0.144. The summed E-state index contributed by atoms with van der Waals surface area (Å²) in [5.41, 5.74) is 3.51. The van der Waals surface area contributed by atoms with Gasteiger partial charge in [0.1, 0.15) is 17.1 Å². The molecule has 2 heterocycles. The van der Waals surface area contributed by atoms with Crippen molar-refractivity contribution < 1.29 is 19.7 Å². The van der Waals surface area contributed by atoms with Crippen LogP contribution < -0.4 is 10.1 Å². The first-order valence-corrected chi connectivity index (χ1v) is 10.5. The Kier molecular flexibility index (Phi) is 5.56. The summed E-state index contributed by atoms with van der Waals surface area (Å²) in [7, 11) is 0. The van der Waals surface area contributed by atoms with Gasteiger partial charge in [0.25, 0.3) is 0 Å². The van der Waals surface area contributed by atoms with Gasteiger partial charge in [0.05, 0.1) is 18.8 Å². The van der Waals surface area contributed by atoms with Crippen LogP contribution in [0.1, 0.15) is 62.0 Å². The van der Waals surface area contributed by atoms with E-state index in [1.165, 1.54) is 0 Å². The molecule has 0 aliphatic carbocycles. The van der Waals surface area contributed by atoms with Gasteiger partial charge in [0, 0.05) is 30.1 Å². The van der Waals surface area contributed by atoms with Gasteiger partial charge < -0.3 is 25.0 Å². The number of aromatic hydroxyl groups is 1. The molecule has 0 bridgehead atoms. The normalized spacial score (nSPS) is 25.0. The van der Waals surface area contributed by atoms with Crippen molar-refractivity contribution in [2.24, 2.45) is 5.92 Å². The second-order valence-electron chi connectivity index (χ2n) is 8.85. The van der Waals surface area contributed by atoms with E-state index < -0.39 is 0 Å². The smallest absolute Gasteiger partial charge is 0.126 e. The van der Waals surface area contributed by atoms with E-state index in [4.69, 9.17) is 14.6 Å². The molecule has 2 aliphatic rings. The molecule has 2 aromatic rings. The number of phenols is 1. The molecule has 0 unspecified atom stereocenters. The van der Waals surface area contributed by atoms with Crippen LogP contribution in [0.2, 0.25) is 0 Å². The van der Waals surface area contributed by atoms with Crippen LogP contribution in [0.25, 0.3) is 0 Å². The minimum Gasteiger partial charge on any atom is -0.508 e. The van der Waals surface area contributed by atoms with Crippen molar-refractivity contribution in [1.29, 1.82) is 0 Å². The Morgan fingerprint density at radius 2 is 1.79 bits per heavy atom. The summed E-state index contributed by atoms with van der Waals surface area (Å²) in [6.07, 6.45) is 2.29. The highest BCUT2D eigenvalue weighted by Crippen LogP contribution is 2.51. The molecular weight excluding hydrogens is 366 g/mol. The van der Waals surface area contributed by atoms with E-state index in [0.29, 0.717) is 13.1 Å². The number of aliphatic hydroxyl groups is 1. The summed E-state index contributed by atoms with van der Waals surface area (Å²) in [5.74, 6) is 1.37. The van der Waals surface area contributed by atoms with Crippen LogP contribution in [-0.2, 0) is 24.4 Å². The first-order chi connectivity index (χ1) is 13.9. The molecule has 0 saturated carbocycles. The molecule has 0 amide bonds. The van der Waals surface area contributed by atoms with Gasteiger partial charge in [-0.15, -0.1) is 0 Å². The summed E-state index contributed by atoms with van der Waals surface area (Å²) in [4.78, 5) is 0. The van der Waals surface area contributed by atoms with Crippen molar-refractivity contribution >= 4 is 0 Å². The third kappa shape index (κ3) is 4.13. The molecule has 5 heteroatoms. The van der Waals surface area contributed by atoms with E-state index in [-0.39, 0.29) is 36.1 Å². The zero-order chi connectivity index (χ0) is 20.6. The quantitative estimate of drug-likeness (QED) is 0.705. The molecule has 1 fully saturated rings. The Morgan fingerprint density at radius 1 is 1.07 bits per heavy atom. The van der Waals surface area contributed by atoms with Crippen molar-refractivity contribution in [3.05, 3.63) is 58.7 Å². The van der Waals surface area contributed by atoms with Crippen molar-refractivity contribution in [2.45, 2.75) is 71.1 Å². The standard InChI is InChI=1S/C24H31NO4/c1-15-4-9-20-23(28-15)19-11-21(27)18(10-22(19)29-24(20,2)3)13-25-12-16-5-7-17(14-26)8-6-16/h5-8,10-11,15,20,23,25-27H,4,9,12-14H2,1-3H3/t15-,20-,23+/m1/s1. The molecule has 0 aromatic heterocycles. The van der Waals surface area contributed by atoms with Gasteiger partial charge >= 0.3 is 0 Å². The van der Waals surface area contributed by atoms with Crippen LogP contribution in [0, 0.1) is 5.92 Å². The average molecular weight is 398 g/mol. The molecule has 0 radical (unpaired) electrons. The predicted octanol–water partition coefficient (Wildman–Crippen LogP) is 4.20. The van der Waals surface area contributed by atoms with E-state index in [1.54, 1.807) is 0 Å². The van der Waals surface area contributed by atoms with Gasteiger partial charge in [-0.1, -0.05) is 24.3 Å². The number of hydrogen-bond acceptors (Lipinski definition) is 5. The number of benzene rings is 2. The van der Waals surface area contributed by atoms with Gasteiger partial charge in [-0.3, -0.25) is 0 Å². The first-order valence-electron chi connectivity index (χ1n) is 10.5.